The van der Waals surface area contributed by atoms with E-state index in [-0.39, 0.29) is 10.3 Å². The van der Waals surface area contributed by atoms with Crippen LogP contribution in [0, 0.1) is 0 Å². The molecule has 0 bridgehead atoms. The highest BCUT2D eigenvalue weighted by molar-refractivity contribution is 14.1. The lowest BCUT2D eigenvalue weighted by molar-refractivity contribution is -0.136. The van der Waals surface area contributed by atoms with Gasteiger partial charge in [-0.1, -0.05) is 12.1 Å². The number of hydrogen-bond acceptors (Lipinski definition) is 2. The van der Waals surface area contributed by atoms with E-state index in [0.717, 1.165) is 0 Å². The molecule has 0 spiro atoms. The number of nitrogens with one attached hydrogen (secondary N) is 1. The van der Waals surface area contributed by atoms with Gasteiger partial charge in [-0.15, -0.1) is 0 Å². The van der Waals surface area contributed by atoms with Crippen LogP contribution in [0.1, 0.15) is 5.56 Å². The van der Waals surface area contributed by atoms with E-state index in [1.54, 1.807) is 46.9 Å². The van der Waals surface area contributed by atoms with Crippen molar-refractivity contribution in [1.29, 1.82) is 0 Å². The van der Waals surface area contributed by atoms with E-state index in [1.165, 1.54) is 0 Å². The standard InChI is InChI=1S/C9H8INO3/c10-9(14)11-7-3-1-6(2-4-7)5-8(12)13/h1-4H,5H2,(H,11,14)(H,12,13). The van der Waals surface area contributed by atoms with Crippen molar-refractivity contribution in [2.24, 2.45) is 0 Å². The van der Waals surface area contributed by atoms with Crippen molar-refractivity contribution in [2.75, 3.05) is 5.32 Å². The first-order chi connectivity index (χ1) is 6.58. The van der Waals surface area contributed by atoms with Crippen LogP contribution >= 0.6 is 22.6 Å². The van der Waals surface area contributed by atoms with E-state index in [1.807, 2.05) is 0 Å². The number of carbonyl (C=O) groups excluding carboxylic acids is 1. The summed E-state index contributed by atoms with van der Waals surface area (Å²) in [6, 6.07) is 6.70. The molecule has 0 aliphatic carbocycles. The molecule has 0 fully saturated rings. The van der Waals surface area contributed by atoms with Crippen molar-refractivity contribution in [1.82, 2.24) is 0 Å². The molecule has 1 aromatic rings. The highest BCUT2D eigenvalue weighted by Gasteiger charge is 2.00. The third-order valence-electron chi connectivity index (χ3n) is 1.55. The van der Waals surface area contributed by atoms with Crippen LogP contribution in [0.25, 0.3) is 0 Å². The van der Waals surface area contributed by atoms with Crippen LogP contribution in [0.4, 0.5) is 10.5 Å². The number of anilines is 1. The van der Waals surface area contributed by atoms with Gasteiger partial charge in [-0.25, -0.2) is 0 Å². The second kappa shape index (κ2) is 4.94. The van der Waals surface area contributed by atoms with Crippen LogP contribution in [-0.2, 0) is 11.2 Å². The summed E-state index contributed by atoms with van der Waals surface area (Å²) in [6.45, 7) is 0. The minimum Gasteiger partial charge on any atom is -0.481 e. The van der Waals surface area contributed by atoms with Crippen LogP contribution in [0.2, 0.25) is 0 Å². The fourth-order valence-corrected chi connectivity index (χ4v) is 1.31. The predicted octanol–water partition coefficient (Wildman–Crippen LogP) is 2.28. The predicted molar refractivity (Wildman–Crippen MR) is 60.8 cm³/mol. The fourth-order valence-electron chi connectivity index (χ4n) is 0.994. The summed E-state index contributed by atoms with van der Waals surface area (Å²) in [5.74, 6) is -0.865. The summed E-state index contributed by atoms with van der Waals surface area (Å²) in [7, 11) is 0. The average molecular weight is 305 g/mol. The van der Waals surface area contributed by atoms with Crippen molar-refractivity contribution in [3.05, 3.63) is 29.8 Å². The number of rotatable bonds is 3. The van der Waals surface area contributed by atoms with Gasteiger partial charge in [0.05, 0.1) is 6.42 Å². The van der Waals surface area contributed by atoms with Crippen LogP contribution < -0.4 is 5.32 Å². The van der Waals surface area contributed by atoms with Crippen molar-refractivity contribution < 1.29 is 14.7 Å². The Bertz CT molecular complexity index is 313. The van der Waals surface area contributed by atoms with Crippen molar-refractivity contribution in [2.45, 2.75) is 6.42 Å². The maximum absolute atomic E-state index is 10.7. The molecule has 0 unspecified atom stereocenters. The molecule has 0 saturated carbocycles. The molecular formula is C9H8INO3. The number of amides is 1. The fraction of sp³-hybridized carbons (Fsp3) is 0.111. The van der Waals surface area contributed by atoms with Crippen LogP contribution in [0.5, 0.6) is 0 Å². The summed E-state index contributed by atoms with van der Waals surface area (Å²) in [6.07, 6.45) is -0.00153. The summed E-state index contributed by atoms with van der Waals surface area (Å²) in [4.78, 5) is 21.0. The van der Waals surface area contributed by atoms with Gasteiger partial charge in [0.2, 0.25) is 0 Å². The highest BCUT2D eigenvalue weighted by atomic mass is 127. The molecule has 0 radical (unpaired) electrons. The molecule has 0 aromatic heterocycles. The van der Waals surface area contributed by atoms with Crippen molar-refractivity contribution >= 4 is 38.2 Å². The third-order valence-corrected chi connectivity index (χ3v) is 1.82. The van der Waals surface area contributed by atoms with E-state index in [0.29, 0.717) is 11.3 Å². The third kappa shape index (κ3) is 3.73. The zero-order chi connectivity index (χ0) is 10.6. The molecule has 2 N–H and O–H groups in total. The SMILES string of the molecule is O=C(O)Cc1ccc(NC(=O)I)cc1. The van der Waals surface area contributed by atoms with Crippen LogP contribution in [0.3, 0.4) is 0 Å². The highest BCUT2D eigenvalue weighted by Crippen LogP contribution is 2.11. The Labute approximate surface area is 94.5 Å². The van der Waals surface area contributed by atoms with Crippen LogP contribution in [-0.4, -0.2) is 15.0 Å². The number of carbonyl (C=O) groups is 2. The Morgan fingerprint density at radius 2 is 1.86 bits per heavy atom. The second-order valence-corrected chi connectivity index (χ2v) is 3.65. The van der Waals surface area contributed by atoms with E-state index in [9.17, 15) is 9.59 Å². The van der Waals surface area contributed by atoms with E-state index >= 15 is 0 Å². The molecule has 0 atom stereocenters. The minimum absolute atomic E-state index is 0.00153. The molecular weight excluding hydrogens is 297 g/mol. The van der Waals surface area contributed by atoms with E-state index in [4.69, 9.17) is 5.11 Å². The summed E-state index contributed by atoms with van der Waals surface area (Å²) in [5, 5.41) is 11.1. The molecule has 5 heteroatoms. The first-order valence-electron chi connectivity index (χ1n) is 3.85. The Hall–Kier alpha value is -1.11. The summed E-state index contributed by atoms with van der Waals surface area (Å²) < 4.78 is -0.173. The molecule has 1 amide bonds. The molecule has 1 rings (SSSR count). The molecule has 0 aliphatic rings. The minimum atomic E-state index is -0.865. The van der Waals surface area contributed by atoms with E-state index in [2.05, 4.69) is 5.32 Å². The lowest BCUT2D eigenvalue weighted by atomic mass is 10.1. The van der Waals surface area contributed by atoms with Gasteiger partial charge in [0.15, 0.2) is 0 Å². The molecule has 0 heterocycles. The van der Waals surface area contributed by atoms with Crippen molar-refractivity contribution in [3.63, 3.8) is 0 Å². The van der Waals surface area contributed by atoms with Gasteiger partial charge in [-0.2, -0.15) is 0 Å². The van der Waals surface area contributed by atoms with Gasteiger partial charge in [0.25, 0.3) is 3.91 Å². The quantitative estimate of drug-likeness (QED) is 0.511. The molecule has 0 saturated heterocycles. The summed E-state index contributed by atoms with van der Waals surface area (Å²) in [5.41, 5.74) is 1.38. The van der Waals surface area contributed by atoms with Gasteiger partial charge in [-0.3, -0.25) is 9.59 Å². The average Bonchev–Trinajstić information content (AvgIpc) is 2.06. The maximum Gasteiger partial charge on any atom is 0.307 e. The van der Waals surface area contributed by atoms with E-state index < -0.39 is 5.97 Å². The van der Waals surface area contributed by atoms with Gasteiger partial charge in [0.1, 0.15) is 0 Å². The van der Waals surface area contributed by atoms with Gasteiger partial charge in [0, 0.05) is 28.3 Å². The molecule has 1 aromatic carbocycles. The monoisotopic (exact) mass is 305 g/mol. The Kier molecular flexibility index (Phi) is 3.87. The molecule has 0 aliphatic heterocycles. The zero-order valence-electron chi connectivity index (χ0n) is 7.16. The normalized spacial score (nSPS) is 9.50. The maximum atomic E-state index is 10.7. The first kappa shape index (κ1) is 11.0. The topological polar surface area (TPSA) is 66.4 Å². The molecule has 74 valence electrons. The second-order valence-electron chi connectivity index (χ2n) is 2.67. The number of halogens is 1. The molecule has 4 nitrogen and oxygen atoms in total. The lowest BCUT2D eigenvalue weighted by Crippen LogP contribution is -2.02. The van der Waals surface area contributed by atoms with Crippen LogP contribution in [0.15, 0.2) is 24.3 Å². The zero-order valence-corrected chi connectivity index (χ0v) is 9.32. The smallest absolute Gasteiger partial charge is 0.307 e. The van der Waals surface area contributed by atoms with Gasteiger partial charge < -0.3 is 10.4 Å². The van der Waals surface area contributed by atoms with Gasteiger partial charge in [-0.05, 0) is 17.7 Å². The number of benzene rings is 1. The number of hydrogen-bond donors (Lipinski definition) is 2. The number of aliphatic carboxylic acids is 1. The summed E-state index contributed by atoms with van der Waals surface area (Å²) >= 11 is 1.63. The van der Waals surface area contributed by atoms with Gasteiger partial charge >= 0.3 is 5.97 Å². The first-order valence-corrected chi connectivity index (χ1v) is 4.93. The number of carboxylic acid groups (broad SMARTS) is 1. The Morgan fingerprint density at radius 3 is 2.29 bits per heavy atom. The number of carboxylic acids is 1. The Balaban J connectivity index is 2.68. The largest absolute Gasteiger partial charge is 0.481 e. The molecule has 14 heavy (non-hydrogen) atoms. The Morgan fingerprint density at radius 1 is 1.29 bits per heavy atom. The van der Waals surface area contributed by atoms with Crippen molar-refractivity contribution in [3.8, 4) is 0 Å². The lowest BCUT2D eigenvalue weighted by Gasteiger charge is -2.01.